The van der Waals surface area contributed by atoms with Gasteiger partial charge in [-0.05, 0) is 42.5 Å². The van der Waals surface area contributed by atoms with Crippen molar-refractivity contribution in [3.05, 3.63) is 88.4 Å². The zero-order valence-electron chi connectivity index (χ0n) is 16.1. The molecule has 0 radical (unpaired) electrons. The van der Waals surface area contributed by atoms with E-state index in [1.54, 1.807) is 12.1 Å². The molecule has 0 fully saturated rings. The number of alkyl halides is 3. The molecule has 11 heteroatoms. The summed E-state index contributed by atoms with van der Waals surface area (Å²) < 4.78 is 67.2. The smallest absolute Gasteiger partial charge is 0.324 e. The molecule has 0 bridgehead atoms. The van der Waals surface area contributed by atoms with Gasteiger partial charge in [-0.25, -0.2) is 8.42 Å². The quantitative estimate of drug-likeness (QED) is 0.459. The molecule has 0 heterocycles. The number of sulfonamides is 1. The van der Waals surface area contributed by atoms with Crippen LogP contribution in [0.25, 0.3) is 0 Å². The van der Waals surface area contributed by atoms with Gasteiger partial charge >= 0.3 is 6.18 Å². The molecule has 0 aliphatic rings. The van der Waals surface area contributed by atoms with Crippen LogP contribution in [0, 0.1) is 0 Å². The summed E-state index contributed by atoms with van der Waals surface area (Å²) in [6.45, 7) is -0.819. The Bertz CT molecular complexity index is 1240. The molecule has 0 atom stereocenters. The first-order chi connectivity index (χ1) is 15.0. The lowest BCUT2D eigenvalue weighted by Crippen LogP contribution is -2.38. The highest BCUT2D eigenvalue weighted by Crippen LogP contribution is 2.37. The van der Waals surface area contributed by atoms with E-state index in [1.807, 2.05) is 0 Å². The third kappa shape index (κ3) is 5.35. The van der Waals surface area contributed by atoms with Gasteiger partial charge in [-0.3, -0.25) is 9.10 Å². The van der Waals surface area contributed by atoms with Gasteiger partial charge < -0.3 is 5.32 Å². The Hall–Kier alpha value is -2.75. The summed E-state index contributed by atoms with van der Waals surface area (Å²) in [5, 5.41) is 2.00. The second-order valence-electron chi connectivity index (χ2n) is 6.51. The third-order valence-corrected chi connectivity index (χ3v) is 6.63. The Morgan fingerprint density at radius 3 is 2.19 bits per heavy atom. The van der Waals surface area contributed by atoms with Crippen molar-refractivity contribution in [3.63, 3.8) is 0 Å². The lowest BCUT2D eigenvalue weighted by molar-refractivity contribution is -0.137. The molecule has 1 N–H and O–H groups in total. The third-order valence-electron chi connectivity index (χ3n) is 4.30. The Morgan fingerprint density at radius 1 is 0.938 bits per heavy atom. The Kier molecular flexibility index (Phi) is 7.02. The number of para-hydroxylation sites is 1. The van der Waals surface area contributed by atoms with Crippen LogP contribution in [0.1, 0.15) is 5.56 Å². The number of rotatable bonds is 6. The minimum atomic E-state index is -4.79. The van der Waals surface area contributed by atoms with Crippen molar-refractivity contribution in [1.82, 2.24) is 0 Å². The summed E-state index contributed by atoms with van der Waals surface area (Å²) in [6, 6.07) is 16.0. The molecule has 0 saturated heterocycles. The normalized spacial score (nSPS) is 11.8. The van der Waals surface area contributed by atoms with Crippen LogP contribution < -0.4 is 9.62 Å². The highest BCUT2D eigenvalue weighted by atomic mass is 35.5. The van der Waals surface area contributed by atoms with Gasteiger partial charge in [-0.15, -0.1) is 0 Å². The molecule has 32 heavy (non-hydrogen) atoms. The lowest BCUT2D eigenvalue weighted by Gasteiger charge is -2.25. The van der Waals surface area contributed by atoms with E-state index in [9.17, 15) is 26.4 Å². The molecule has 1 amide bonds. The van der Waals surface area contributed by atoms with E-state index in [-0.39, 0.29) is 20.6 Å². The standard InChI is InChI=1S/C21H15Cl2F3N2O3S/c22-14-10-11-18(16(12-14)21(24,25)26)27-20(29)13-28(19-9-5-4-8-17(19)23)32(30,31)15-6-2-1-3-7-15/h1-12H,13H2,(H,27,29). The van der Waals surface area contributed by atoms with Crippen LogP contribution in [0.5, 0.6) is 0 Å². The van der Waals surface area contributed by atoms with Gasteiger partial charge in [0, 0.05) is 5.02 Å². The largest absolute Gasteiger partial charge is 0.418 e. The van der Waals surface area contributed by atoms with Crippen LogP contribution in [0.3, 0.4) is 0 Å². The Labute approximate surface area is 192 Å². The molecule has 0 spiro atoms. The summed E-state index contributed by atoms with van der Waals surface area (Å²) in [4.78, 5) is 12.6. The number of nitrogens with zero attached hydrogens (tertiary/aromatic N) is 1. The highest BCUT2D eigenvalue weighted by molar-refractivity contribution is 7.92. The van der Waals surface area contributed by atoms with Crippen LogP contribution in [-0.4, -0.2) is 20.9 Å². The molecule has 5 nitrogen and oxygen atoms in total. The van der Waals surface area contributed by atoms with Gasteiger partial charge in [-0.2, -0.15) is 13.2 Å². The minimum absolute atomic E-state index is 0.000297. The van der Waals surface area contributed by atoms with E-state index in [4.69, 9.17) is 23.2 Å². The fourth-order valence-corrected chi connectivity index (χ4v) is 4.77. The number of anilines is 2. The van der Waals surface area contributed by atoms with Crippen molar-refractivity contribution in [1.29, 1.82) is 0 Å². The molecular formula is C21H15Cl2F3N2O3S. The van der Waals surface area contributed by atoms with E-state index in [1.165, 1.54) is 48.5 Å². The fourth-order valence-electron chi connectivity index (χ4n) is 2.85. The summed E-state index contributed by atoms with van der Waals surface area (Å²) in [5.74, 6) is -1.00. The molecule has 168 valence electrons. The highest BCUT2D eigenvalue weighted by Gasteiger charge is 2.35. The van der Waals surface area contributed by atoms with E-state index < -0.39 is 39.9 Å². The number of hydrogen-bond acceptors (Lipinski definition) is 3. The van der Waals surface area contributed by atoms with Gasteiger partial charge in [0.1, 0.15) is 6.54 Å². The molecular weight excluding hydrogens is 488 g/mol. The first-order valence-corrected chi connectivity index (χ1v) is 11.2. The van der Waals surface area contributed by atoms with E-state index in [0.717, 1.165) is 10.4 Å². The summed E-state index contributed by atoms with van der Waals surface area (Å²) in [5.41, 5.74) is -1.71. The molecule has 3 aromatic rings. The molecule has 0 aliphatic carbocycles. The number of nitrogens with one attached hydrogen (secondary N) is 1. The van der Waals surface area contributed by atoms with Crippen LogP contribution in [0.2, 0.25) is 10.0 Å². The fraction of sp³-hybridized carbons (Fsp3) is 0.0952. The maximum atomic E-state index is 13.3. The van der Waals surface area contributed by atoms with E-state index in [0.29, 0.717) is 6.07 Å². The maximum absolute atomic E-state index is 13.3. The lowest BCUT2D eigenvalue weighted by atomic mass is 10.1. The minimum Gasteiger partial charge on any atom is -0.324 e. The molecule has 0 unspecified atom stereocenters. The van der Waals surface area contributed by atoms with E-state index in [2.05, 4.69) is 5.32 Å². The zero-order chi connectivity index (χ0) is 23.5. The van der Waals surface area contributed by atoms with Crippen molar-refractivity contribution >= 4 is 50.5 Å². The number of carbonyl (C=O) groups excluding carboxylic acids is 1. The van der Waals surface area contributed by atoms with Gasteiger partial charge in [0.2, 0.25) is 5.91 Å². The number of amides is 1. The maximum Gasteiger partial charge on any atom is 0.418 e. The monoisotopic (exact) mass is 502 g/mol. The van der Waals surface area contributed by atoms with Crippen LogP contribution in [0.15, 0.2) is 77.7 Å². The average molecular weight is 503 g/mol. The summed E-state index contributed by atoms with van der Waals surface area (Å²) in [7, 11) is -4.26. The Balaban J connectivity index is 1.99. The Morgan fingerprint density at radius 2 is 1.56 bits per heavy atom. The van der Waals surface area contributed by atoms with Crippen molar-refractivity contribution < 1.29 is 26.4 Å². The number of hydrogen-bond donors (Lipinski definition) is 1. The van der Waals surface area contributed by atoms with Gasteiger partial charge in [0.25, 0.3) is 10.0 Å². The topological polar surface area (TPSA) is 66.5 Å². The first-order valence-electron chi connectivity index (χ1n) is 8.99. The van der Waals surface area contributed by atoms with Crippen LogP contribution in [0.4, 0.5) is 24.5 Å². The van der Waals surface area contributed by atoms with Gasteiger partial charge in [-0.1, -0.05) is 53.5 Å². The van der Waals surface area contributed by atoms with Crippen LogP contribution >= 0.6 is 23.2 Å². The van der Waals surface area contributed by atoms with Crippen LogP contribution in [-0.2, 0) is 21.0 Å². The molecule has 0 aromatic heterocycles. The predicted molar refractivity (Wildman–Crippen MR) is 118 cm³/mol. The summed E-state index contributed by atoms with van der Waals surface area (Å²) >= 11 is 11.8. The molecule has 0 aliphatic heterocycles. The average Bonchev–Trinajstić information content (AvgIpc) is 2.74. The number of halogens is 5. The number of benzene rings is 3. The van der Waals surface area contributed by atoms with Gasteiger partial charge in [0.05, 0.1) is 26.9 Å². The number of carbonyl (C=O) groups is 1. The van der Waals surface area contributed by atoms with Crippen molar-refractivity contribution in [2.45, 2.75) is 11.1 Å². The van der Waals surface area contributed by atoms with E-state index >= 15 is 0 Å². The van der Waals surface area contributed by atoms with Gasteiger partial charge in [0.15, 0.2) is 0 Å². The van der Waals surface area contributed by atoms with Crippen molar-refractivity contribution in [3.8, 4) is 0 Å². The predicted octanol–water partition coefficient (Wildman–Crippen LogP) is 5.85. The van der Waals surface area contributed by atoms with Crippen molar-refractivity contribution in [2.75, 3.05) is 16.2 Å². The first kappa shape index (κ1) is 23.9. The SMILES string of the molecule is O=C(CN(c1ccccc1Cl)S(=O)(=O)c1ccccc1)Nc1ccc(Cl)cc1C(F)(F)F. The molecule has 3 aromatic carbocycles. The second-order valence-corrected chi connectivity index (χ2v) is 9.22. The summed E-state index contributed by atoms with van der Waals surface area (Å²) in [6.07, 6.45) is -4.79. The molecule has 3 rings (SSSR count). The second kappa shape index (κ2) is 9.40. The molecule has 0 saturated carbocycles. The zero-order valence-corrected chi connectivity index (χ0v) is 18.4. The van der Waals surface area contributed by atoms with Crippen molar-refractivity contribution in [2.24, 2.45) is 0 Å².